The SMILES string of the molecule is CC.Cc1c(F)c(Cl)cc(F)c1C(=O)O. The van der Waals surface area contributed by atoms with Crippen LogP contribution >= 0.6 is 11.6 Å². The second-order valence-corrected chi connectivity index (χ2v) is 2.87. The molecule has 84 valence electrons. The van der Waals surface area contributed by atoms with Gasteiger partial charge in [0.25, 0.3) is 0 Å². The highest BCUT2D eigenvalue weighted by atomic mass is 35.5. The highest BCUT2D eigenvalue weighted by Crippen LogP contribution is 2.24. The first-order chi connectivity index (χ1) is 6.95. The maximum absolute atomic E-state index is 13.0. The topological polar surface area (TPSA) is 37.3 Å². The Balaban J connectivity index is 0.000000921. The van der Waals surface area contributed by atoms with Gasteiger partial charge >= 0.3 is 5.97 Å². The highest BCUT2D eigenvalue weighted by Gasteiger charge is 2.19. The zero-order valence-electron chi connectivity index (χ0n) is 8.57. The van der Waals surface area contributed by atoms with Crippen LogP contribution in [0.25, 0.3) is 0 Å². The molecular formula is C10H11ClF2O2. The Bertz CT molecular complexity index is 378. The maximum Gasteiger partial charge on any atom is 0.339 e. The Morgan fingerprint density at radius 2 is 1.87 bits per heavy atom. The predicted octanol–water partition coefficient (Wildman–Crippen LogP) is 3.65. The molecule has 2 nitrogen and oxygen atoms in total. The largest absolute Gasteiger partial charge is 0.478 e. The second kappa shape index (κ2) is 5.66. The number of hydrogen-bond donors (Lipinski definition) is 1. The van der Waals surface area contributed by atoms with Gasteiger partial charge in [-0.25, -0.2) is 13.6 Å². The van der Waals surface area contributed by atoms with E-state index in [1.54, 1.807) is 0 Å². The molecule has 0 aliphatic rings. The average molecular weight is 237 g/mol. The molecule has 15 heavy (non-hydrogen) atoms. The molecule has 1 aromatic carbocycles. The molecule has 0 aliphatic heterocycles. The van der Waals surface area contributed by atoms with Gasteiger partial charge in [0.1, 0.15) is 17.2 Å². The first-order valence-corrected chi connectivity index (χ1v) is 4.70. The van der Waals surface area contributed by atoms with E-state index < -0.39 is 28.2 Å². The van der Waals surface area contributed by atoms with Gasteiger partial charge < -0.3 is 5.11 Å². The van der Waals surface area contributed by atoms with E-state index in [2.05, 4.69) is 0 Å². The summed E-state index contributed by atoms with van der Waals surface area (Å²) in [6.45, 7) is 5.16. The van der Waals surface area contributed by atoms with E-state index in [1.165, 1.54) is 0 Å². The van der Waals surface area contributed by atoms with Crippen LogP contribution in [0.15, 0.2) is 6.07 Å². The van der Waals surface area contributed by atoms with Crippen molar-refractivity contribution in [2.24, 2.45) is 0 Å². The predicted molar refractivity (Wildman–Crippen MR) is 54.4 cm³/mol. The van der Waals surface area contributed by atoms with Gasteiger partial charge in [0.15, 0.2) is 0 Å². The number of carboxylic acid groups (broad SMARTS) is 1. The standard InChI is InChI=1S/C8H5ClF2O2.C2H6/c1-3-6(8(12)13)5(10)2-4(9)7(3)11;1-2/h2H,1H3,(H,12,13);1-2H3. The third-order valence-electron chi connectivity index (χ3n) is 1.62. The smallest absolute Gasteiger partial charge is 0.339 e. The van der Waals surface area contributed by atoms with Crippen molar-refractivity contribution in [1.82, 2.24) is 0 Å². The highest BCUT2D eigenvalue weighted by molar-refractivity contribution is 6.31. The monoisotopic (exact) mass is 236 g/mol. The Morgan fingerprint density at radius 1 is 1.40 bits per heavy atom. The number of halogens is 3. The summed E-state index contributed by atoms with van der Waals surface area (Å²) in [6.07, 6.45) is 0. The molecule has 1 aromatic rings. The van der Waals surface area contributed by atoms with Gasteiger partial charge in [0.05, 0.1) is 5.02 Å². The molecule has 0 atom stereocenters. The van der Waals surface area contributed by atoms with E-state index in [0.717, 1.165) is 6.92 Å². The maximum atomic E-state index is 13.0. The lowest BCUT2D eigenvalue weighted by molar-refractivity contribution is 0.0690. The molecule has 0 aromatic heterocycles. The van der Waals surface area contributed by atoms with Gasteiger partial charge in [-0.15, -0.1) is 0 Å². The van der Waals surface area contributed by atoms with Crippen molar-refractivity contribution in [1.29, 1.82) is 0 Å². The molecule has 0 bridgehead atoms. The zero-order valence-corrected chi connectivity index (χ0v) is 9.32. The molecule has 1 N–H and O–H groups in total. The number of carbonyl (C=O) groups is 1. The van der Waals surface area contributed by atoms with Crippen LogP contribution in [0.3, 0.4) is 0 Å². The van der Waals surface area contributed by atoms with Crippen molar-refractivity contribution in [3.05, 3.63) is 33.9 Å². The van der Waals surface area contributed by atoms with Crippen LogP contribution in [0.2, 0.25) is 5.02 Å². The molecule has 0 fully saturated rings. The third-order valence-corrected chi connectivity index (χ3v) is 1.90. The summed E-state index contributed by atoms with van der Waals surface area (Å²) < 4.78 is 25.9. The Morgan fingerprint density at radius 3 is 2.27 bits per heavy atom. The van der Waals surface area contributed by atoms with Crippen molar-refractivity contribution in [2.45, 2.75) is 20.8 Å². The van der Waals surface area contributed by atoms with E-state index in [0.29, 0.717) is 6.07 Å². The summed E-state index contributed by atoms with van der Waals surface area (Å²) in [5, 5.41) is 8.10. The minimum absolute atomic E-state index is 0.294. The van der Waals surface area contributed by atoms with Crippen molar-refractivity contribution in [3.63, 3.8) is 0 Å². The molecule has 0 aliphatic carbocycles. The van der Waals surface area contributed by atoms with Gasteiger partial charge in [0.2, 0.25) is 0 Å². The normalized spacial score (nSPS) is 9.20. The van der Waals surface area contributed by atoms with Crippen LogP contribution in [0.1, 0.15) is 29.8 Å². The van der Waals surface area contributed by atoms with Gasteiger partial charge in [-0.05, 0) is 13.0 Å². The van der Waals surface area contributed by atoms with Crippen molar-refractivity contribution >= 4 is 17.6 Å². The number of benzene rings is 1. The molecular weight excluding hydrogens is 226 g/mol. The Hall–Kier alpha value is -1.16. The average Bonchev–Trinajstić information content (AvgIpc) is 2.17. The van der Waals surface area contributed by atoms with Crippen LogP contribution in [-0.2, 0) is 0 Å². The fourth-order valence-corrected chi connectivity index (χ4v) is 1.21. The molecule has 0 heterocycles. The van der Waals surface area contributed by atoms with E-state index in [-0.39, 0.29) is 5.56 Å². The minimum Gasteiger partial charge on any atom is -0.478 e. The van der Waals surface area contributed by atoms with Gasteiger partial charge in [0, 0.05) is 5.56 Å². The van der Waals surface area contributed by atoms with Crippen LogP contribution in [0.5, 0.6) is 0 Å². The summed E-state index contributed by atoms with van der Waals surface area (Å²) >= 11 is 5.29. The summed E-state index contributed by atoms with van der Waals surface area (Å²) in [6, 6.07) is 0.646. The van der Waals surface area contributed by atoms with E-state index in [9.17, 15) is 13.6 Å². The van der Waals surface area contributed by atoms with Crippen LogP contribution in [0.4, 0.5) is 8.78 Å². The fraction of sp³-hybridized carbons (Fsp3) is 0.300. The molecule has 0 amide bonds. The van der Waals surface area contributed by atoms with E-state index in [1.807, 2.05) is 13.8 Å². The number of carboxylic acids is 1. The summed E-state index contributed by atoms with van der Waals surface area (Å²) in [7, 11) is 0. The summed E-state index contributed by atoms with van der Waals surface area (Å²) in [5.41, 5.74) is -0.973. The lowest BCUT2D eigenvalue weighted by Gasteiger charge is -2.04. The van der Waals surface area contributed by atoms with Crippen LogP contribution in [-0.4, -0.2) is 11.1 Å². The molecule has 0 saturated carbocycles. The number of hydrogen-bond acceptors (Lipinski definition) is 1. The molecule has 0 saturated heterocycles. The summed E-state index contributed by atoms with van der Waals surface area (Å²) in [5.74, 6) is -3.44. The third kappa shape index (κ3) is 2.89. The lowest BCUT2D eigenvalue weighted by Crippen LogP contribution is -2.06. The van der Waals surface area contributed by atoms with Gasteiger partial charge in [-0.1, -0.05) is 25.4 Å². The minimum atomic E-state index is -1.51. The van der Waals surface area contributed by atoms with Crippen molar-refractivity contribution in [3.8, 4) is 0 Å². The van der Waals surface area contributed by atoms with Crippen LogP contribution < -0.4 is 0 Å². The quantitative estimate of drug-likeness (QED) is 0.756. The molecule has 1 rings (SSSR count). The first-order valence-electron chi connectivity index (χ1n) is 4.32. The molecule has 0 unspecified atom stereocenters. The Labute approximate surface area is 91.5 Å². The van der Waals surface area contributed by atoms with Crippen molar-refractivity contribution < 1.29 is 18.7 Å². The number of rotatable bonds is 1. The molecule has 0 radical (unpaired) electrons. The Kier molecular flexibility index (Phi) is 5.22. The van der Waals surface area contributed by atoms with Gasteiger partial charge in [-0.3, -0.25) is 0 Å². The lowest BCUT2D eigenvalue weighted by atomic mass is 10.1. The fourth-order valence-electron chi connectivity index (χ4n) is 0.977. The zero-order chi connectivity index (χ0) is 12.2. The molecule has 5 heteroatoms. The first kappa shape index (κ1) is 13.8. The van der Waals surface area contributed by atoms with Gasteiger partial charge in [-0.2, -0.15) is 0 Å². The number of aromatic carboxylic acids is 1. The van der Waals surface area contributed by atoms with E-state index >= 15 is 0 Å². The van der Waals surface area contributed by atoms with E-state index in [4.69, 9.17) is 16.7 Å². The summed E-state index contributed by atoms with van der Waals surface area (Å²) in [4.78, 5) is 10.5. The second-order valence-electron chi connectivity index (χ2n) is 2.46. The van der Waals surface area contributed by atoms with Crippen LogP contribution in [0, 0.1) is 18.6 Å². The van der Waals surface area contributed by atoms with Crippen molar-refractivity contribution in [2.75, 3.05) is 0 Å². The molecule has 0 spiro atoms.